The van der Waals surface area contributed by atoms with E-state index in [4.69, 9.17) is 14.9 Å². The standard InChI is InChI=1S/C17H24O5/c18-12-6-4-2-1-3-5-7-13-22-17(21)15-10-8-14(9-11-15)16(19)20/h8-11,18H,1-7,12-13H2,(H,19,20). The maximum absolute atomic E-state index is 11.7. The first kappa shape index (κ1) is 18.2. The molecule has 5 heteroatoms. The summed E-state index contributed by atoms with van der Waals surface area (Å²) in [5, 5.41) is 17.4. The Balaban J connectivity index is 2.12. The maximum Gasteiger partial charge on any atom is 0.338 e. The smallest absolute Gasteiger partial charge is 0.338 e. The van der Waals surface area contributed by atoms with E-state index in [9.17, 15) is 9.59 Å². The molecule has 0 atom stereocenters. The van der Waals surface area contributed by atoms with Gasteiger partial charge in [0.1, 0.15) is 0 Å². The van der Waals surface area contributed by atoms with Crippen molar-refractivity contribution in [3.8, 4) is 0 Å². The predicted molar refractivity (Wildman–Crippen MR) is 83.1 cm³/mol. The van der Waals surface area contributed by atoms with Crippen molar-refractivity contribution in [2.75, 3.05) is 13.2 Å². The van der Waals surface area contributed by atoms with Crippen LogP contribution in [0.25, 0.3) is 0 Å². The van der Waals surface area contributed by atoms with Gasteiger partial charge in [0.25, 0.3) is 0 Å². The van der Waals surface area contributed by atoms with Crippen LogP contribution in [0.4, 0.5) is 0 Å². The summed E-state index contributed by atoms with van der Waals surface area (Å²) in [5.74, 6) is -1.43. The number of aliphatic hydroxyl groups is 1. The number of rotatable bonds is 11. The summed E-state index contributed by atoms with van der Waals surface area (Å²) >= 11 is 0. The molecule has 0 saturated heterocycles. The summed E-state index contributed by atoms with van der Waals surface area (Å²) < 4.78 is 5.15. The highest BCUT2D eigenvalue weighted by atomic mass is 16.5. The molecule has 0 radical (unpaired) electrons. The van der Waals surface area contributed by atoms with Crippen LogP contribution >= 0.6 is 0 Å². The summed E-state index contributed by atoms with van der Waals surface area (Å²) in [7, 11) is 0. The van der Waals surface area contributed by atoms with Gasteiger partial charge in [-0.25, -0.2) is 9.59 Å². The fourth-order valence-corrected chi connectivity index (χ4v) is 2.09. The lowest BCUT2D eigenvalue weighted by molar-refractivity contribution is 0.0496. The van der Waals surface area contributed by atoms with Crippen LogP contribution in [-0.2, 0) is 4.74 Å². The minimum Gasteiger partial charge on any atom is -0.478 e. The van der Waals surface area contributed by atoms with E-state index in [1.165, 1.54) is 24.3 Å². The van der Waals surface area contributed by atoms with Crippen LogP contribution in [-0.4, -0.2) is 35.4 Å². The molecule has 0 aliphatic heterocycles. The quantitative estimate of drug-likeness (QED) is 0.484. The van der Waals surface area contributed by atoms with Gasteiger partial charge in [0.05, 0.1) is 17.7 Å². The molecule has 0 aromatic heterocycles. The molecule has 0 amide bonds. The summed E-state index contributed by atoms with van der Waals surface area (Å²) in [4.78, 5) is 22.4. The Bertz CT molecular complexity index is 453. The molecular weight excluding hydrogens is 284 g/mol. The van der Waals surface area contributed by atoms with E-state index in [1.807, 2.05) is 0 Å². The molecule has 2 N–H and O–H groups in total. The van der Waals surface area contributed by atoms with Gasteiger partial charge in [-0.3, -0.25) is 0 Å². The lowest BCUT2D eigenvalue weighted by Crippen LogP contribution is -2.07. The zero-order chi connectivity index (χ0) is 16.2. The van der Waals surface area contributed by atoms with E-state index in [0.717, 1.165) is 44.9 Å². The van der Waals surface area contributed by atoms with Crippen molar-refractivity contribution in [2.45, 2.75) is 44.9 Å². The third-order valence-corrected chi connectivity index (χ3v) is 3.40. The molecule has 0 saturated carbocycles. The minimum absolute atomic E-state index is 0.151. The van der Waals surface area contributed by atoms with Gasteiger partial charge in [-0.1, -0.05) is 32.1 Å². The third-order valence-electron chi connectivity index (χ3n) is 3.40. The van der Waals surface area contributed by atoms with E-state index < -0.39 is 11.9 Å². The number of aliphatic hydroxyl groups excluding tert-OH is 1. The molecule has 0 fully saturated rings. The summed E-state index contributed by atoms with van der Waals surface area (Å²) in [5.41, 5.74) is 0.520. The van der Waals surface area contributed by atoms with Crippen molar-refractivity contribution >= 4 is 11.9 Å². The van der Waals surface area contributed by atoms with Crippen LogP contribution in [0.2, 0.25) is 0 Å². The summed E-state index contributed by atoms with van der Waals surface area (Å²) in [6.07, 6.45) is 7.18. The Morgan fingerprint density at radius 3 is 1.86 bits per heavy atom. The Morgan fingerprint density at radius 1 is 0.818 bits per heavy atom. The second-order valence-corrected chi connectivity index (χ2v) is 5.22. The molecule has 22 heavy (non-hydrogen) atoms. The van der Waals surface area contributed by atoms with E-state index in [1.54, 1.807) is 0 Å². The molecule has 0 aliphatic carbocycles. The zero-order valence-corrected chi connectivity index (χ0v) is 12.8. The SMILES string of the molecule is O=C(O)c1ccc(C(=O)OCCCCCCCCCO)cc1. The second-order valence-electron chi connectivity index (χ2n) is 5.22. The number of ether oxygens (including phenoxy) is 1. The number of carboxylic acid groups (broad SMARTS) is 1. The van der Waals surface area contributed by atoms with Crippen molar-refractivity contribution in [1.82, 2.24) is 0 Å². The number of carbonyl (C=O) groups is 2. The average Bonchev–Trinajstić information content (AvgIpc) is 2.53. The first-order valence-corrected chi connectivity index (χ1v) is 7.76. The lowest BCUT2D eigenvalue weighted by Gasteiger charge is -2.05. The average molecular weight is 308 g/mol. The molecule has 0 bridgehead atoms. The van der Waals surface area contributed by atoms with Gasteiger partial charge >= 0.3 is 11.9 Å². The topological polar surface area (TPSA) is 83.8 Å². The summed E-state index contributed by atoms with van der Waals surface area (Å²) in [6.45, 7) is 0.652. The molecule has 1 aromatic carbocycles. The van der Waals surface area contributed by atoms with Crippen molar-refractivity contribution in [3.05, 3.63) is 35.4 Å². The minimum atomic E-state index is -1.01. The first-order chi connectivity index (χ1) is 10.6. The van der Waals surface area contributed by atoms with Gasteiger partial charge in [0.15, 0.2) is 0 Å². The molecule has 5 nitrogen and oxygen atoms in total. The van der Waals surface area contributed by atoms with Gasteiger partial charge in [-0.2, -0.15) is 0 Å². The van der Waals surface area contributed by atoms with Gasteiger partial charge in [-0.05, 0) is 37.1 Å². The van der Waals surface area contributed by atoms with Crippen LogP contribution in [0, 0.1) is 0 Å². The van der Waals surface area contributed by atoms with Crippen LogP contribution in [0.15, 0.2) is 24.3 Å². The third kappa shape index (κ3) is 7.22. The Labute approximate surface area is 130 Å². The molecule has 0 aliphatic rings. The second kappa shape index (κ2) is 10.8. The van der Waals surface area contributed by atoms with E-state index in [-0.39, 0.29) is 12.2 Å². The monoisotopic (exact) mass is 308 g/mol. The molecule has 1 aromatic rings. The van der Waals surface area contributed by atoms with Gasteiger partial charge in [0, 0.05) is 6.61 Å². The number of carboxylic acids is 1. The lowest BCUT2D eigenvalue weighted by atomic mass is 10.1. The number of hydrogen-bond donors (Lipinski definition) is 2. The van der Waals surface area contributed by atoms with Crippen molar-refractivity contribution < 1.29 is 24.5 Å². The van der Waals surface area contributed by atoms with Crippen LogP contribution in [0.1, 0.15) is 65.7 Å². The number of hydrogen-bond acceptors (Lipinski definition) is 4. The fraction of sp³-hybridized carbons (Fsp3) is 0.529. The largest absolute Gasteiger partial charge is 0.478 e. The number of unbranched alkanes of at least 4 members (excludes halogenated alkanes) is 6. The number of carbonyl (C=O) groups excluding carboxylic acids is 1. The van der Waals surface area contributed by atoms with Crippen molar-refractivity contribution in [1.29, 1.82) is 0 Å². The van der Waals surface area contributed by atoms with Crippen molar-refractivity contribution in [2.24, 2.45) is 0 Å². The van der Waals surface area contributed by atoms with E-state index >= 15 is 0 Å². The number of aromatic carboxylic acids is 1. The molecule has 122 valence electrons. The van der Waals surface area contributed by atoms with E-state index in [0.29, 0.717) is 12.2 Å². The summed E-state index contributed by atoms with van der Waals surface area (Å²) in [6, 6.07) is 5.72. The van der Waals surface area contributed by atoms with Gasteiger partial charge < -0.3 is 14.9 Å². The molecule has 0 heterocycles. The fourth-order valence-electron chi connectivity index (χ4n) is 2.09. The van der Waals surface area contributed by atoms with Gasteiger partial charge in [-0.15, -0.1) is 0 Å². The Hall–Kier alpha value is -1.88. The zero-order valence-electron chi connectivity index (χ0n) is 12.8. The molecular formula is C17H24O5. The van der Waals surface area contributed by atoms with Crippen LogP contribution in [0.5, 0.6) is 0 Å². The number of esters is 1. The Kier molecular flexibility index (Phi) is 8.91. The Morgan fingerprint density at radius 2 is 1.32 bits per heavy atom. The highest BCUT2D eigenvalue weighted by molar-refractivity contribution is 5.92. The highest BCUT2D eigenvalue weighted by Gasteiger charge is 2.08. The van der Waals surface area contributed by atoms with Crippen LogP contribution in [0.3, 0.4) is 0 Å². The van der Waals surface area contributed by atoms with Gasteiger partial charge in [0.2, 0.25) is 0 Å². The van der Waals surface area contributed by atoms with Crippen LogP contribution < -0.4 is 0 Å². The molecule has 0 unspecified atom stereocenters. The van der Waals surface area contributed by atoms with E-state index in [2.05, 4.69) is 0 Å². The first-order valence-electron chi connectivity index (χ1n) is 7.76. The molecule has 0 spiro atoms. The predicted octanol–water partition coefficient (Wildman–Crippen LogP) is 3.26. The normalized spacial score (nSPS) is 10.4. The van der Waals surface area contributed by atoms with Crippen molar-refractivity contribution in [3.63, 3.8) is 0 Å². The maximum atomic E-state index is 11.7. The highest BCUT2D eigenvalue weighted by Crippen LogP contribution is 2.09. The number of benzene rings is 1. The molecule has 1 rings (SSSR count).